The lowest BCUT2D eigenvalue weighted by Crippen LogP contribution is -2.13. The number of ether oxygens (including phenoxy) is 5. The minimum absolute atomic E-state index is 0.00536. The lowest BCUT2D eigenvalue weighted by Gasteiger charge is -2.13. The Balaban J connectivity index is 0.000000166. The zero-order valence-corrected chi connectivity index (χ0v) is 58.5. The summed E-state index contributed by atoms with van der Waals surface area (Å²) >= 11 is 0. The molecule has 0 bridgehead atoms. The molecule has 0 aliphatic rings. The molecule has 0 radical (unpaired) electrons. The molecular formula is C79H76F7N9O12. The molecular weight excluding hydrogens is 1400 g/mol. The van der Waals surface area contributed by atoms with Crippen LogP contribution in [0.3, 0.4) is 0 Å². The van der Waals surface area contributed by atoms with Crippen molar-refractivity contribution >= 4 is 0 Å². The Labute approximate surface area is 611 Å². The van der Waals surface area contributed by atoms with Gasteiger partial charge in [0.05, 0.1) is 43.7 Å². The molecule has 1 atom stereocenters. The van der Waals surface area contributed by atoms with Gasteiger partial charge in [-0.1, -0.05) is 144 Å². The molecule has 0 aliphatic carbocycles. The van der Waals surface area contributed by atoms with Crippen molar-refractivity contribution in [2.75, 3.05) is 59.7 Å². The number of nitriles is 1. The zero-order chi connectivity index (χ0) is 75.9. The first-order valence-corrected chi connectivity index (χ1v) is 34.0. The smallest absolute Gasteiger partial charge is 0.419 e. The second-order valence-electron chi connectivity index (χ2n) is 23.5. The van der Waals surface area contributed by atoms with E-state index in [1.54, 1.807) is 97.1 Å². The first kappa shape index (κ1) is 79.5. The summed E-state index contributed by atoms with van der Waals surface area (Å²) in [5, 5.41) is 52.7. The van der Waals surface area contributed by atoms with Gasteiger partial charge < -0.3 is 57.1 Å². The number of aliphatic hydroxyl groups excluding tert-OH is 3. The summed E-state index contributed by atoms with van der Waals surface area (Å²) < 4.78 is 136. The molecule has 0 saturated carbocycles. The van der Waals surface area contributed by atoms with Crippen molar-refractivity contribution < 1.29 is 87.8 Å². The summed E-state index contributed by atoms with van der Waals surface area (Å²) in [6, 6.07) is 52.4. The van der Waals surface area contributed by atoms with Crippen LogP contribution in [0.5, 0.6) is 23.0 Å². The first-order chi connectivity index (χ1) is 52.1. The Morgan fingerprint density at radius 2 is 0.832 bits per heavy atom. The Morgan fingerprint density at radius 1 is 0.449 bits per heavy atom. The van der Waals surface area contributed by atoms with Crippen LogP contribution in [-0.2, 0) is 37.2 Å². The number of halogens is 7. The summed E-state index contributed by atoms with van der Waals surface area (Å²) in [4.78, 5) is 17.4. The minimum Gasteiger partial charge on any atom is -0.491 e. The standard InChI is InChI=1S/C22H22F4N2O4.C22H25FN2O2.C18H14FN3O3.C17H15FN2O3/c1-2-17(29)13-30-12-14-3-5-15(6-4-14)20-27-21(32-28-20)16-7-8-19(31-10-9-23)18(11-16)22(24,25)26;1-3-4-5-6-17-7-9-18(10-8-17)21-24-22(27-25-21)19-11-12-20(16(2)15-19)26-14-13-23;19-7-8-24-16-6-5-14(9-15(16)10-20)18-21-17(22-25-18)13-3-1-12(11-23)2-4-13;18-9-10-22-15-7-5-14(6-8-15)17-19-16(20-23-17)13-3-1-12(11-21)2-4-13/h3-8,11,17,29H,2,9-10,12-13H2,1H3;7-12,15H,3-6,13-14H2,1-2H3;1-6,9,23H,7-8,11H2;1-8,21H,9-11H2/i2*23-1;19-1;18-1. The van der Waals surface area contributed by atoms with Crippen LogP contribution >= 0.6 is 0 Å². The van der Waals surface area contributed by atoms with Gasteiger partial charge in [0.25, 0.3) is 23.6 Å². The minimum atomic E-state index is -4.70. The fraction of sp³-hybridized carbons (Fsp3) is 0.278. The molecule has 28 heteroatoms. The average Bonchev–Trinajstić information content (AvgIpc) is 1.79. The molecule has 0 saturated heterocycles. The van der Waals surface area contributed by atoms with E-state index in [0.717, 1.165) is 68.6 Å². The molecule has 4 aromatic heterocycles. The van der Waals surface area contributed by atoms with Gasteiger partial charge in [-0.2, -0.15) is 38.4 Å². The highest BCUT2D eigenvalue weighted by Crippen LogP contribution is 2.39. The van der Waals surface area contributed by atoms with Crippen molar-refractivity contribution in [2.24, 2.45) is 0 Å². The maximum atomic E-state index is 13.4. The predicted molar refractivity (Wildman–Crippen MR) is 382 cm³/mol. The van der Waals surface area contributed by atoms with Crippen molar-refractivity contribution in [3.63, 3.8) is 0 Å². The molecule has 558 valence electrons. The lowest BCUT2D eigenvalue weighted by molar-refractivity contribution is -0.139. The Bertz CT molecular complexity index is 4710. The van der Waals surface area contributed by atoms with Crippen molar-refractivity contribution in [1.29, 1.82) is 5.26 Å². The number of hydrogen-bond donors (Lipinski definition) is 3. The third-order valence-corrected chi connectivity index (χ3v) is 15.8. The van der Waals surface area contributed by atoms with Gasteiger partial charge >= 0.3 is 6.18 Å². The number of aryl methyl sites for hydroxylation is 2. The molecule has 8 aromatic carbocycles. The van der Waals surface area contributed by atoms with Gasteiger partial charge in [-0.25, -0.2) is 17.6 Å². The molecule has 3 N–H and O–H groups in total. The summed E-state index contributed by atoms with van der Waals surface area (Å²) in [5.74, 6) is 3.75. The van der Waals surface area contributed by atoms with Crippen molar-refractivity contribution in [1.82, 2.24) is 40.6 Å². The molecule has 0 amide bonds. The average molecular weight is 1470 g/mol. The van der Waals surface area contributed by atoms with Crippen LogP contribution < -0.4 is 18.9 Å². The molecule has 1 unspecified atom stereocenters. The van der Waals surface area contributed by atoms with Crippen LogP contribution in [0.25, 0.3) is 91.4 Å². The fourth-order valence-electron chi connectivity index (χ4n) is 10.1. The van der Waals surface area contributed by atoms with Crippen LogP contribution in [0.1, 0.15) is 78.5 Å². The molecule has 0 spiro atoms. The number of alkyl halides is 7. The van der Waals surface area contributed by atoms with Gasteiger partial charge in [-0.3, -0.25) is 0 Å². The normalized spacial score (nSPS) is 11.3. The van der Waals surface area contributed by atoms with Crippen LogP contribution in [0.15, 0.2) is 194 Å². The van der Waals surface area contributed by atoms with E-state index < -0.39 is 56.9 Å². The first-order valence-electron chi connectivity index (χ1n) is 34.0. The molecule has 12 aromatic rings. The van der Waals surface area contributed by atoms with E-state index in [1.807, 2.05) is 68.4 Å². The largest absolute Gasteiger partial charge is 0.491 e. The number of rotatable bonds is 31. The summed E-state index contributed by atoms with van der Waals surface area (Å²) in [7, 11) is 0. The molecule has 4 heterocycles. The third-order valence-electron chi connectivity index (χ3n) is 15.8. The van der Waals surface area contributed by atoms with E-state index >= 15 is 0 Å². The highest BCUT2D eigenvalue weighted by atomic mass is 19.4. The van der Waals surface area contributed by atoms with E-state index in [-0.39, 0.29) is 68.4 Å². The maximum absolute atomic E-state index is 13.4. The lowest BCUT2D eigenvalue weighted by atomic mass is 10.1. The number of benzene rings is 8. The summed E-state index contributed by atoms with van der Waals surface area (Å²) in [6.07, 6.45) is 0.203. The van der Waals surface area contributed by atoms with Crippen LogP contribution in [0, 0.1) is 18.3 Å². The van der Waals surface area contributed by atoms with E-state index in [9.17, 15) is 41.1 Å². The van der Waals surface area contributed by atoms with Crippen LogP contribution in [0.2, 0.25) is 0 Å². The predicted octanol–water partition coefficient (Wildman–Crippen LogP) is 17.2. The van der Waals surface area contributed by atoms with Gasteiger partial charge in [0.15, 0.2) is 0 Å². The Hall–Kier alpha value is -11.6. The van der Waals surface area contributed by atoms with E-state index in [4.69, 9.17) is 52.0 Å². The van der Waals surface area contributed by atoms with Gasteiger partial charge in [-0.05, 0) is 133 Å². The highest BCUT2D eigenvalue weighted by Gasteiger charge is 2.35. The molecule has 107 heavy (non-hydrogen) atoms. The summed E-state index contributed by atoms with van der Waals surface area (Å²) in [6.45, 7) is 3.44. The number of hydrogen-bond acceptors (Lipinski definition) is 21. The van der Waals surface area contributed by atoms with E-state index in [1.165, 1.54) is 30.9 Å². The van der Waals surface area contributed by atoms with E-state index in [2.05, 4.69) is 59.6 Å². The second kappa shape index (κ2) is 40.6. The van der Waals surface area contributed by atoms with Crippen LogP contribution in [-0.4, -0.2) is 122 Å². The maximum Gasteiger partial charge on any atom is 0.419 e. The second-order valence-corrected chi connectivity index (χ2v) is 23.5. The number of aromatic nitrogens is 8. The number of aliphatic hydroxyl groups is 3. The quantitative estimate of drug-likeness (QED) is 0.0269. The number of nitrogens with zero attached hydrogens (tertiary/aromatic N) is 9. The van der Waals surface area contributed by atoms with E-state index in [0.29, 0.717) is 70.7 Å². The number of unbranched alkanes of at least 4 members (excludes halogenated alkanes) is 2. The molecule has 0 fully saturated rings. The fourth-order valence-corrected chi connectivity index (χ4v) is 10.1. The molecule has 0 aliphatic heterocycles. The zero-order valence-electron chi connectivity index (χ0n) is 58.5. The molecule has 12 rings (SSSR count). The SMILES string of the molecule is CCC(O)COCc1ccc(-c2noc(-c3ccc(OCC[18F])c(C(F)(F)F)c3)n2)cc1.CCCCCc1ccc(-c2noc(-c3ccc(OCC[18F])c(C)c3)n2)cc1.N#Cc1cc(-c2nc(-c3ccc(CO)cc3)no2)ccc1OCC[18F].OCc1ccc(-c2noc(-c3ccc(OCC[18F])cc3)n2)cc1. The van der Waals surface area contributed by atoms with Crippen LogP contribution in [0.4, 0.5) is 30.7 Å². The van der Waals surface area contributed by atoms with Gasteiger partial charge in [0.2, 0.25) is 23.3 Å². The molecule has 21 nitrogen and oxygen atoms in total. The Morgan fingerprint density at radius 3 is 1.26 bits per heavy atom. The van der Waals surface area contributed by atoms with Crippen molar-refractivity contribution in [3.05, 3.63) is 215 Å². The highest BCUT2D eigenvalue weighted by molar-refractivity contribution is 5.66. The Kier molecular flexibility index (Phi) is 30.1. The topological polar surface area (TPSA) is 286 Å². The third kappa shape index (κ3) is 23.2. The van der Waals surface area contributed by atoms with Crippen molar-refractivity contribution in [3.8, 4) is 120 Å². The van der Waals surface area contributed by atoms with Gasteiger partial charge in [0, 0.05) is 44.5 Å². The summed E-state index contributed by atoms with van der Waals surface area (Å²) in [5.41, 5.74) is 9.20. The monoisotopic (exact) mass is 1470 g/mol. The van der Waals surface area contributed by atoms with Gasteiger partial charge in [-0.15, -0.1) is 0 Å². The van der Waals surface area contributed by atoms with Gasteiger partial charge in [0.1, 0.15) is 82.2 Å². The van der Waals surface area contributed by atoms with Crippen molar-refractivity contribution in [2.45, 2.75) is 85.0 Å².